The van der Waals surface area contributed by atoms with Crippen molar-refractivity contribution >= 4 is 5.91 Å². The van der Waals surface area contributed by atoms with E-state index in [0.717, 1.165) is 25.0 Å². The Hall–Kier alpha value is -1.76. The fourth-order valence-electron chi connectivity index (χ4n) is 2.69. The molecule has 2 rings (SSSR count). The van der Waals surface area contributed by atoms with Crippen LogP contribution in [0.1, 0.15) is 30.1 Å². The van der Waals surface area contributed by atoms with Gasteiger partial charge in [0.15, 0.2) is 0 Å². The minimum atomic E-state index is -4.74. The predicted octanol–water partition coefficient (Wildman–Crippen LogP) is 3.47. The van der Waals surface area contributed by atoms with E-state index in [1.807, 2.05) is 0 Å². The molecule has 128 valence electrons. The van der Waals surface area contributed by atoms with Crippen LogP contribution in [-0.2, 0) is 4.74 Å². The Labute approximate surface area is 133 Å². The van der Waals surface area contributed by atoms with Gasteiger partial charge in [-0.25, -0.2) is 0 Å². The van der Waals surface area contributed by atoms with E-state index in [1.165, 1.54) is 12.1 Å². The van der Waals surface area contributed by atoms with Crippen LogP contribution in [0.5, 0.6) is 5.75 Å². The number of carbonyl (C=O) groups is 1. The molecule has 0 aliphatic carbocycles. The maximum atomic E-state index is 12.4. The summed E-state index contributed by atoms with van der Waals surface area (Å²) in [6, 6.07) is 4.97. The number of benzene rings is 1. The lowest BCUT2D eigenvalue weighted by atomic mass is 9.82. The number of amides is 1. The van der Waals surface area contributed by atoms with Crippen molar-refractivity contribution in [2.45, 2.75) is 26.1 Å². The zero-order chi connectivity index (χ0) is 17.1. The molecule has 7 heteroatoms. The van der Waals surface area contributed by atoms with Crippen LogP contribution in [0.3, 0.4) is 0 Å². The molecule has 1 saturated heterocycles. The average Bonchev–Trinajstić information content (AvgIpc) is 2.46. The minimum Gasteiger partial charge on any atom is -0.406 e. The van der Waals surface area contributed by atoms with Crippen molar-refractivity contribution in [2.75, 3.05) is 26.8 Å². The van der Waals surface area contributed by atoms with E-state index < -0.39 is 6.36 Å². The monoisotopic (exact) mass is 331 g/mol. The summed E-state index contributed by atoms with van der Waals surface area (Å²) in [6.07, 6.45) is -2.98. The van der Waals surface area contributed by atoms with Crippen LogP contribution >= 0.6 is 0 Å². The van der Waals surface area contributed by atoms with Crippen LogP contribution in [0, 0.1) is 5.41 Å². The summed E-state index contributed by atoms with van der Waals surface area (Å²) in [5.41, 5.74) is 0.333. The first kappa shape index (κ1) is 17.6. The van der Waals surface area contributed by atoms with E-state index in [9.17, 15) is 18.0 Å². The highest BCUT2D eigenvalue weighted by atomic mass is 19.4. The highest BCUT2D eigenvalue weighted by Gasteiger charge is 2.32. The van der Waals surface area contributed by atoms with Crippen molar-refractivity contribution < 1.29 is 27.4 Å². The summed E-state index contributed by atoms with van der Waals surface area (Å²) in [4.78, 5) is 14.0. The van der Waals surface area contributed by atoms with Crippen LogP contribution in [0.2, 0.25) is 0 Å². The van der Waals surface area contributed by atoms with Gasteiger partial charge in [0, 0.05) is 32.4 Å². The molecule has 0 atom stereocenters. The van der Waals surface area contributed by atoms with E-state index in [-0.39, 0.29) is 17.1 Å². The molecule has 1 aliphatic rings. The molecule has 1 aromatic carbocycles. The Morgan fingerprint density at radius 2 is 1.83 bits per heavy atom. The average molecular weight is 331 g/mol. The molecule has 1 aliphatic heterocycles. The van der Waals surface area contributed by atoms with Crippen molar-refractivity contribution in [1.82, 2.24) is 4.90 Å². The van der Waals surface area contributed by atoms with Gasteiger partial charge >= 0.3 is 6.36 Å². The van der Waals surface area contributed by atoms with Crippen molar-refractivity contribution in [1.29, 1.82) is 0 Å². The van der Waals surface area contributed by atoms with E-state index in [1.54, 1.807) is 11.9 Å². The fourth-order valence-corrected chi connectivity index (χ4v) is 2.69. The summed E-state index contributed by atoms with van der Waals surface area (Å²) in [5.74, 6) is -0.565. The van der Waals surface area contributed by atoms with Crippen molar-refractivity contribution in [3.63, 3.8) is 0 Å². The Kier molecular flexibility index (Phi) is 5.19. The lowest BCUT2D eigenvalue weighted by Gasteiger charge is -2.36. The molecule has 0 spiro atoms. The molecule has 0 saturated carbocycles. The maximum Gasteiger partial charge on any atom is 0.573 e. The van der Waals surface area contributed by atoms with E-state index in [2.05, 4.69) is 11.7 Å². The van der Waals surface area contributed by atoms with Crippen LogP contribution in [0.15, 0.2) is 24.3 Å². The third-order valence-electron chi connectivity index (χ3n) is 4.00. The van der Waals surface area contributed by atoms with Gasteiger partial charge in [-0.05, 0) is 42.5 Å². The molecule has 0 bridgehead atoms. The number of ether oxygens (including phenoxy) is 2. The first-order chi connectivity index (χ1) is 10.7. The number of nitrogens with zero attached hydrogens (tertiary/aromatic N) is 1. The summed E-state index contributed by atoms with van der Waals surface area (Å²) >= 11 is 0. The summed E-state index contributed by atoms with van der Waals surface area (Å²) in [5, 5.41) is 0. The van der Waals surface area contributed by atoms with Crippen LogP contribution in [0.25, 0.3) is 0 Å². The van der Waals surface area contributed by atoms with E-state index >= 15 is 0 Å². The largest absolute Gasteiger partial charge is 0.573 e. The first-order valence-electron chi connectivity index (χ1n) is 7.38. The molecule has 0 radical (unpaired) electrons. The summed E-state index contributed by atoms with van der Waals surface area (Å²) in [6.45, 7) is 4.06. The third-order valence-corrected chi connectivity index (χ3v) is 4.00. The van der Waals surface area contributed by atoms with Crippen molar-refractivity contribution in [3.05, 3.63) is 29.8 Å². The third kappa shape index (κ3) is 5.13. The van der Waals surface area contributed by atoms with Crippen molar-refractivity contribution in [3.8, 4) is 5.75 Å². The van der Waals surface area contributed by atoms with E-state index in [4.69, 9.17) is 4.74 Å². The fraction of sp³-hybridized carbons (Fsp3) is 0.562. The Balaban J connectivity index is 1.99. The van der Waals surface area contributed by atoms with E-state index in [0.29, 0.717) is 25.3 Å². The van der Waals surface area contributed by atoms with Gasteiger partial charge in [0.1, 0.15) is 5.75 Å². The first-order valence-corrected chi connectivity index (χ1v) is 7.38. The van der Waals surface area contributed by atoms with Crippen molar-refractivity contribution in [2.24, 2.45) is 5.41 Å². The molecule has 1 fully saturated rings. The normalized spacial score (nSPS) is 17.6. The van der Waals surface area contributed by atoms with Gasteiger partial charge in [-0.2, -0.15) is 0 Å². The smallest absolute Gasteiger partial charge is 0.406 e. The van der Waals surface area contributed by atoms with Gasteiger partial charge in [-0.3, -0.25) is 4.79 Å². The van der Waals surface area contributed by atoms with Gasteiger partial charge in [-0.1, -0.05) is 6.92 Å². The lowest BCUT2D eigenvalue weighted by molar-refractivity contribution is -0.274. The number of alkyl halides is 3. The molecule has 0 unspecified atom stereocenters. The summed E-state index contributed by atoms with van der Waals surface area (Å²) < 4.78 is 45.5. The number of hydrogen-bond acceptors (Lipinski definition) is 3. The van der Waals surface area contributed by atoms with Crippen LogP contribution in [-0.4, -0.2) is 44.0 Å². The molecule has 4 nitrogen and oxygen atoms in total. The van der Waals surface area contributed by atoms with Gasteiger partial charge < -0.3 is 14.4 Å². The van der Waals surface area contributed by atoms with Crippen LogP contribution in [0.4, 0.5) is 13.2 Å². The minimum absolute atomic E-state index is 0.00198. The SMILES string of the molecule is CN(CC1(C)CCOCC1)C(=O)c1ccc(OC(F)(F)F)cc1. The molecule has 23 heavy (non-hydrogen) atoms. The quantitative estimate of drug-likeness (QED) is 0.848. The molecule has 0 aromatic heterocycles. The topological polar surface area (TPSA) is 38.8 Å². The second-order valence-electron chi connectivity index (χ2n) is 6.16. The second-order valence-corrected chi connectivity index (χ2v) is 6.16. The molecule has 1 heterocycles. The predicted molar refractivity (Wildman–Crippen MR) is 78.2 cm³/mol. The molecular weight excluding hydrogens is 311 g/mol. The Morgan fingerprint density at radius 3 is 2.35 bits per heavy atom. The number of rotatable bonds is 4. The van der Waals surface area contributed by atoms with Gasteiger partial charge in [0.05, 0.1) is 0 Å². The van der Waals surface area contributed by atoms with Crippen LogP contribution < -0.4 is 4.74 Å². The molecule has 1 aromatic rings. The lowest BCUT2D eigenvalue weighted by Crippen LogP contribution is -2.40. The zero-order valence-electron chi connectivity index (χ0n) is 13.2. The molecular formula is C16H20F3NO3. The standard InChI is InChI=1S/C16H20F3NO3/c1-15(7-9-22-10-8-15)11-20(2)14(21)12-3-5-13(6-4-12)23-16(17,18)19/h3-6H,7-11H2,1-2H3. The zero-order valence-corrected chi connectivity index (χ0v) is 13.2. The molecule has 1 amide bonds. The number of halogens is 3. The maximum absolute atomic E-state index is 12.4. The Bertz CT molecular complexity index is 536. The Morgan fingerprint density at radius 1 is 1.26 bits per heavy atom. The highest BCUT2D eigenvalue weighted by molar-refractivity contribution is 5.94. The van der Waals surface area contributed by atoms with Gasteiger partial charge in [-0.15, -0.1) is 13.2 Å². The second kappa shape index (κ2) is 6.78. The highest BCUT2D eigenvalue weighted by Crippen LogP contribution is 2.31. The van der Waals surface area contributed by atoms with Gasteiger partial charge in [0.2, 0.25) is 0 Å². The summed E-state index contributed by atoms with van der Waals surface area (Å²) in [7, 11) is 1.70. The molecule has 0 N–H and O–H groups in total. The number of hydrogen-bond donors (Lipinski definition) is 0. The number of carbonyl (C=O) groups excluding carboxylic acids is 1. The van der Waals surface area contributed by atoms with Gasteiger partial charge in [0.25, 0.3) is 5.91 Å².